The normalized spacial score (nSPS) is 10.7. The highest BCUT2D eigenvalue weighted by Gasteiger charge is 2.11. The maximum absolute atomic E-state index is 12.0. The number of nitrogens with zero attached hydrogens (tertiary/aromatic N) is 4. The molecule has 0 atom stereocenters. The highest BCUT2D eigenvalue weighted by Crippen LogP contribution is 2.16. The van der Waals surface area contributed by atoms with Gasteiger partial charge in [0.15, 0.2) is 0 Å². The number of nitro groups is 1. The fourth-order valence-corrected chi connectivity index (χ4v) is 2.06. The van der Waals surface area contributed by atoms with Crippen LogP contribution < -0.4 is 5.32 Å². The lowest BCUT2D eigenvalue weighted by atomic mass is 10.3. The topological polar surface area (TPSA) is 93.3 Å². The highest BCUT2D eigenvalue weighted by atomic mass is 16.6. The molecule has 1 heterocycles. The number of non-ortho nitro benzene ring substituents is 1. The van der Waals surface area contributed by atoms with Crippen molar-refractivity contribution < 1.29 is 9.72 Å². The summed E-state index contributed by atoms with van der Waals surface area (Å²) in [5, 5.41) is 17.4. The molecule has 0 spiro atoms. The van der Waals surface area contributed by atoms with Gasteiger partial charge in [0.1, 0.15) is 0 Å². The maximum atomic E-state index is 12.0. The van der Waals surface area contributed by atoms with E-state index in [0.29, 0.717) is 12.2 Å². The third kappa shape index (κ3) is 4.38. The van der Waals surface area contributed by atoms with Crippen LogP contribution >= 0.6 is 0 Å². The minimum atomic E-state index is -0.496. The zero-order chi connectivity index (χ0) is 16.1. The van der Waals surface area contributed by atoms with Gasteiger partial charge in [0.25, 0.3) is 5.69 Å². The summed E-state index contributed by atoms with van der Waals surface area (Å²) in [6.07, 6.45) is 3.63. The molecule has 116 valence electrons. The number of rotatable bonds is 6. The van der Waals surface area contributed by atoms with Crippen LogP contribution in [-0.2, 0) is 18.4 Å². The monoisotopic (exact) mass is 303 g/mol. The number of carbonyl (C=O) groups excluding carboxylic acids is 1. The van der Waals surface area contributed by atoms with Crippen molar-refractivity contribution in [2.24, 2.45) is 7.05 Å². The van der Waals surface area contributed by atoms with Gasteiger partial charge in [-0.25, -0.2) is 0 Å². The SMILES string of the molecule is CN(CC(=O)Nc1cccc([N+](=O)[O-])c1)Cc1cnn(C)c1. The molecule has 0 aliphatic rings. The van der Waals surface area contributed by atoms with Gasteiger partial charge in [-0.3, -0.25) is 24.5 Å². The van der Waals surface area contributed by atoms with Crippen LogP contribution in [0.15, 0.2) is 36.7 Å². The summed E-state index contributed by atoms with van der Waals surface area (Å²) >= 11 is 0. The molecule has 1 N–H and O–H groups in total. The first kappa shape index (κ1) is 15.6. The smallest absolute Gasteiger partial charge is 0.271 e. The minimum Gasteiger partial charge on any atom is -0.325 e. The summed E-state index contributed by atoms with van der Waals surface area (Å²) in [4.78, 5) is 24.0. The lowest BCUT2D eigenvalue weighted by molar-refractivity contribution is -0.384. The number of hydrogen-bond acceptors (Lipinski definition) is 5. The second-order valence-electron chi connectivity index (χ2n) is 5.05. The number of carbonyl (C=O) groups is 1. The van der Waals surface area contributed by atoms with Crippen molar-refractivity contribution in [3.05, 3.63) is 52.3 Å². The molecule has 1 aromatic heterocycles. The lowest BCUT2D eigenvalue weighted by Crippen LogP contribution is -2.29. The number of aryl methyl sites for hydroxylation is 1. The van der Waals surface area contributed by atoms with E-state index in [1.165, 1.54) is 18.2 Å². The van der Waals surface area contributed by atoms with E-state index in [2.05, 4.69) is 10.4 Å². The van der Waals surface area contributed by atoms with Crippen molar-refractivity contribution in [1.82, 2.24) is 14.7 Å². The zero-order valence-electron chi connectivity index (χ0n) is 12.4. The molecule has 0 unspecified atom stereocenters. The quantitative estimate of drug-likeness (QED) is 0.643. The van der Waals surface area contributed by atoms with Crippen LogP contribution in [0.25, 0.3) is 0 Å². The van der Waals surface area contributed by atoms with Crippen LogP contribution in [0.3, 0.4) is 0 Å². The number of aromatic nitrogens is 2. The Morgan fingerprint density at radius 1 is 1.50 bits per heavy atom. The Morgan fingerprint density at radius 3 is 2.91 bits per heavy atom. The number of amides is 1. The van der Waals surface area contributed by atoms with E-state index < -0.39 is 4.92 Å². The minimum absolute atomic E-state index is 0.0542. The molecule has 2 rings (SSSR count). The molecule has 0 fully saturated rings. The summed E-state index contributed by atoms with van der Waals surface area (Å²) in [6.45, 7) is 0.772. The van der Waals surface area contributed by atoms with Crippen molar-refractivity contribution in [3.63, 3.8) is 0 Å². The van der Waals surface area contributed by atoms with Crippen LogP contribution in [0.2, 0.25) is 0 Å². The largest absolute Gasteiger partial charge is 0.325 e. The molecule has 8 nitrogen and oxygen atoms in total. The summed E-state index contributed by atoms with van der Waals surface area (Å²) < 4.78 is 1.70. The van der Waals surface area contributed by atoms with Gasteiger partial charge >= 0.3 is 0 Å². The summed E-state index contributed by atoms with van der Waals surface area (Å²) in [5.41, 5.74) is 1.36. The standard InChI is InChI=1S/C14H17N5O3/c1-17(8-11-7-15-18(2)9-11)10-14(20)16-12-4-3-5-13(6-12)19(21)22/h3-7,9H,8,10H2,1-2H3,(H,16,20). The predicted molar refractivity (Wildman–Crippen MR) is 81.3 cm³/mol. The molecule has 8 heteroatoms. The predicted octanol–water partition coefficient (Wildman–Crippen LogP) is 1.40. The van der Waals surface area contributed by atoms with E-state index in [0.717, 1.165) is 5.56 Å². The number of nitro benzene ring substituents is 1. The second kappa shape index (κ2) is 6.81. The van der Waals surface area contributed by atoms with Crippen molar-refractivity contribution in [1.29, 1.82) is 0 Å². The Labute approximate surface area is 127 Å². The first-order valence-corrected chi connectivity index (χ1v) is 6.64. The number of hydrogen-bond donors (Lipinski definition) is 1. The van der Waals surface area contributed by atoms with Gasteiger partial charge in [0.05, 0.1) is 17.7 Å². The van der Waals surface area contributed by atoms with Crippen LogP contribution in [0.1, 0.15) is 5.56 Å². The Balaban J connectivity index is 1.89. The number of benzene rings is 1. The molecular weight excluding hydrogens is 286 g/mol. The van der Waals surface area contributed by atoms with Crippen LogP contribution in [0.5, 0.6) is 0 Å². The number of nitrogens with one attached hydrogen (secondary N) is 1. The molecule has 1 amide bonds. The zero-order valence-corrected chi connectivity index (χ0v) is 12.4. The third-order valence-electron chi connectivity index (χ3n) is 2.97. The van der Waals surface area contributed by atoms with E-state index in [4.69, 9.17) is 0 Å². The van der Waals surface area contributed by atoms with E-state index in [-0.39, 0.29) is 18.1 Å². The molecule has 1 aromatic carbocycles. The molecule has 0 bridgehead atoms. The lowest BCUT2D eigenvalue weighted by Gasteiger charge is -2.15. The van der Waals surface area contributed by atoms with E-state index >= 15 is 0 Å². The van der Waals surface area contributed by atoms with Gasteiger partial charge in [0, 0.05) is 43.2 Å². The van der Waals surface area contributed by atoms with Gasteiger partial charge in [-0.1, -0.05) is 6.07 Å². The fraction of sp³-hybridized carbons (Fsp3) is 0.286. The Bertz CT molecular complexity index is 683. The molecule has 0 saturated carbocycles. The van der Waals surface area contributed by atoms with Gasteiger partial charge in [-0.05, 0) is 13.1 Å². The highest BCUT2D eigenvalue weighted by molar-refractivity contribution is 5.92. The molecule has 0 saturated heterocycles. The van der Waals surface area contributed by atoms with Crippen LogP contribution in [0, 0.1) is 10.1 Å². The van der Waals surface area contributed by atoms with Gasteiger partial charge < -0.3 is 5.32 Å². The molecule has 0 radical (unpaired) electrons. The Morgan fingerprint density at radius 2 is 2.27 bits per heavy atom. The van der Waals surface area contributed by atoms with E-state index in [1.807, 2.05) is 25.2 Å². The summed E-state index contributed by atoms with van der Waals surface area (Å²) in [5.74, 6) is -0.230. The van der Waals surface area contributed by atoms with Gasteiger partial charge in [-0.2, -0.15) is 5.10 Å². The molecule has 0 aliphatic heterocycles. The molecule has 2 aromatic rings. The number of likely N-dealkylation sites (N-methyl/N-ethyl adjacent to an activating group) is 1. The maximum Gasteiger partial charge on any atom is 0.271 e. The van der Waals surface area contributed by atoms with Crippen LogP contribution in [-0.4, -0.2) is 39.1 Å². The first-order valence-electron chi connectivity index (χ1n) is 6.64. The van der Waals surface area contributed by atoms with E-state index in [9.17, 15) is 14.9 Å². The van der Waals surface area contributed by atoms with Crippen molar-refractivity contribution in [3.8, 4) is 0 Å². The fourth-order valence-electron chi connectivity index (χ4n) is 2.06. The molecule has 0 aliphatic carbocycles. The van der Waals surface area contributed by atoms with Crippen molar-refractivity contribution in [2.75, 3.05) is 18.9 Å². The molecular formula is C14H17N5O3. The molecule has 22 heavy (non-hydrogen) atoms. The van der Waals surface area contributed by atoms with Crippen molar-refractivity contribution >= 4 is 17.3 Å². The Hall–Kier alpha value is -2.74. The first-order chi connectivity index (χ1) is 10.4. The third-order valence-corrected chi connectivity index (χ3v) is 2.97. The number of anilines is 1. The van der Waals surface area contributed by atoms with Gasteiger partial charge in [0.2, 0.25) is 5.91 Å². The van der Waals surface area contributed by atoms with Crippen molar-refractivity contribution in [2.45, 2.75) is 6.54 Å². The van der Waals surface area contributed by atoms with Crippen LogP contribution in [0.4, 0.5) is 11.4 Å². The van der Waals surface area contributed by atoms with Gasteiger partial charge in [-0.15, -0.1) is 0 Å². The summed E-state index contributed by atoms with van der Waals surface area (Å²) in [7, 11) is 3.65. The Kier molecular flexibility index (Phi) is 4.84. The second-order valence-corrected chi connectivity index (χ2v) is 5.05. The summed E-state index contributed by atoms with van der Waals surface area (Å²) in [6, 6.07) is 5.86. The average Bonchev–Trinajstić information content (AvgIpc) is 2.83. The average molecular weight is 303 g/mol. The van der Waals surface area contributed by atoms with E-state index in [1.54, 1.807) is 16.9 Å².